The van der Waals surface area contributed by atoms with Gasteiger partial charge >= 0.3 is 0 Å². The summed E-state index contributed by atoms with van der Waals surface area (Å²) in [6, 6.07) is 1.82. The molecule has 0 aliphatic carbocycles. The van der Waals surface area contributed by atoms with Crippen LogP contribution < -0.4 is 5.32 Å². The predicted octanol–water partition coefficient (Wildman–Crippen LogP) is 1.71. The van der Waals surface area contributed by atoms with Crippen LogP contribution in [0.4, 0.5) is 0 Å². The third-order valence-corrected chi connectivity index (χ3v) is 5.79. The van der Waals surface area contributed by atoms with E-state index in [9.17, 15) is 8.42 Å². The van der Waals surface area contributed by atoms with Crippen LogP contribution in [0.3, 0.4) is 0 Å². The molecule has 4 nitrogen and oxygen atoms in total. The molecule has 1 saturated heterocycles. The summed E-state index contributed by atoms with van der Waals surface area (Å²) in [7, 11) is -2.84. The SMILES string of the molecule is O=S1(=O)CCCC1CNCc1occc1Br. The zero-order chi connectivity index (χ0) is 11.6. The average molecular weight is 308 g/mol. The largest absolute Gasteiger partial charge is 0.467 e. The van der Waals surface area contributed by atoms with Crippen molar-refractivity contribution in [1.29, 1.82) is 0 Å². The summed E-state index contributed by atoms with van der Waals surface area (Å²) in [6.45, 7) is 1.06. The maximum atomic E-state index is 11.5. The molecule has 1 aliphatic heterocycles. The number of hydrogen-bond acceptors (Lipinski definition) is 4. The smallest absolute Gasteiger partial charge is 0.154 e. The lowest BCUT2D eigenvalue weighted by atomic mass is 10.2. The third kappa shape index (κ3) is 2.67. The van der Waals surface area contributed by atoms with Crippen LogP contribution in [-0.2, 0) is 16.4 Å². The Kier molecular flexibility index (Phi) is 3.71. The highest BCUT2D eigenvalue weighted by molar-refractivity contribution is 9.10. The summed E-state index contributed by atoms with van der Waals surface area (Å²) >= 11 is 3.35. The number of rotatable bonds is 4. The van der Waals surface area contributed by atoms with E-state index in [1.807, 2.05) is 6.07 Å². The molecule has 90 valence electrons. The fraction of sp³-hybridized carbons (Fsp3) is 0.600. The molecule has 1 atom stereocenters. The Balaban J connectivity index is 1.83. The third-order valence-electron chi connectivity index (χ3n) is 2.81. The fourth-order valence-electron chi connectivity index (χ4n) is 1.89. The Morgan fingerprint density at radius 2 is 2.38 bits per heavy atom. The van der Waals surface area contributed by atoms with Crippen LogP contribution >= 0.6 is 15.9 Å². The number of sulfone groups is 1. The van der Waals surface area contributed by atoms with E-state index >= 15 is 0 Å². The molecular weight excluding hydrogens is 294 g/mol. The van der Waals surface area contributed by atoms with Gasteiger partial charge < -0.3 is 9.73 Å². The highest BCUT2D eigenvalue weighted by Gasteiger charge is 2.30. The average Bonchev–Trinajstić information content (AvgIpc) is 2.75. The van der Waals surface area contributed by atoms with Gasteiger partial charge in [-0.15, -0.1) is 0 Å². The topological polar surface area (TPSA) is 59.3 Å². The molecule has 2 rings (SSSR count). The summed E-state index contributed by atoms with van der Waals surface area (Å²) in [5.74, 6) is 1.14. The normalized spacial score (nSPS) is 23.7. The minimum Gasteiger partial charge on any atom is -0.467 e. The summed E-state index contributed by atoms with van der Waals surface area (Å²) in [6.07, 6.45) is 3.17. The summed E-state index contributed by atoms with van der Waals surface area (Å²) < 4.78 is 29.2. The van der Waals surface area contributed by atoms with Gasteiger partial charge in [0.05, 0.1) is 28.3 Å². The highest BCUT2D eigenvalue weighted by Crippen LogP contribution is 2.20. The van der Waals surface area contributed by atoms with Crippen LogP contribution in [-0.4, -0.2) is 26.0 Å². The molecule has 1 aliphatic rings. The molecule has 16 heavy (non-hydrogen) atoms. The van der Waals surface area contributed by atoms with Gasteiger partial charge in [-0.25, -0.2) is 8.42 Å². The van der Waals surface area contributed by atoms with Crippen LogP contribution in [0.1, 0.15) is 18.6 Å². The summed E-state index contributed by atoms with van der Waals surface area (Å²) in [4.78, 5) is 0. The van der Waals surface area contributed by atoms with Crippen molar-refractivity contribution in [3.8, 4) is 0 Å². The van der Waals surface area contributed by atoms with Gasteiger partial charge in [0.1, 0.15) is 5.76 Å². The van der Waals surface area contributed by atoms with E-state index in [1.165, 1.54) is 0 Å². The number of halogens is 1. The first-order valence-electron chi connectivity index (χ1n) is 5.24. The molecule has 0 amide bonds. The van der Waals surface area contributed by atoms with E-state index in [0.29, 0.717) is 18.8 Å². The van der Waals surface area contributed by atoms with Gasteiger partial charge in [-0.1, -0.05) is 0 Å². The van der Waals surface area contributed by atoms with Crippen molar-refractivity contribution in [3.63, 3.8) is 0 Å². The minimum absolute atomic E-state index is 0.221. The van der Waals surface area contributed by atoms with Gasteiger partial charge in [0.25, 0.3) is 0 Å². The molecule has 1 unspecified atom stereocenters. The summed E-state index contributed by atoms with van der Waals surface area (Å²) in [5.41, 5.74) is 0. The van der Waals surface area contributed by atoms with Gasteiger partial charge in [0.2, 0.25) is 0 Å². The lowest BCUT2D eigenvalue weighted by molar-refractivity contribution is 0.477. The van der Waals surface area contributed by atoms with Crippen LogP contribution in [0.25, 0.3) is 0 Å². The van der Waals surface area contributed by atoms with Crippen LogP contribution in [0, 0.1) is 0 Å². The molecule has 0 bridgehead atoms. The molecule has 1 N–H and O–H groups in total. The monoisotopic (exact) mass is 307 g/mol. The molecule has 0 spiro atoms. The second-order valence-electron chi connectivity index (χ2n) is 3.95. The molecule has 6 heteroatoms. The Morgan fingerprint density at radius 1 is 1.56 bits per heavy atom. The van der Waals surface area contributed by atoms with Gasteiger partial charge in [0, 0.05) is 6.54 Å². The molecule has 1 aromatic heterocycles. The minimum atomic E-state index is -2.84. The number of hydrogen-bond donors (Lipinski definition) is 1. The fourth-order valence-corrected chi connectivity index (χ4v) is 4.03. The lowest BCUT2D eigenvalue weighted by Gasteiger charge is -2.09. The first-order chi connectivity index (χ1) is 7.59. The maximum Gasteiger partial charge on any atom is 0.154 e. The zero-order valence-electron chi connectivity index (χ0n) is 8.78. The molecular formula is C10H14BrNO3S. The van der Waals surface area contributed by atoms with Crippen LogP contribution in [0.15, 0.2) is 21.2 Å². The van der Waals surface area contributed by atoms with Crippen LogP contribution in [0.2, 0.25) is 0 Å². The quantitative estimate of drug-likeness (QED) is 0.920. The van der Waals surface area contributed by atoms with Crippen molar-refractivity contribution in [3.05, 3.63) is 22.6 Å². The van der Waals surface area contributed by atoms with Crippen molar-refractivity contribution in [2.75, 3.05) is 12.3 Å². The zero-order valence-corrected chi connectivity index (χ0v) is 11.2. The van der Waals surface area contributed by atoms with Gasteiger partial charge in [-0.3, -0.25) is 0 Å². The first-order valence-corrected chi connectivity index (χ1v) is 7.74. The van der Waals surface area contributed by atoms with Crippen LogP contribution in [0.5, 0.6) is 0 Å². The standard InChI is InChI=1S/C10H14BrNO3S/c11-9-3-4-15-10(9)7-12-6-8-2-1-5-16(8,13)14/h3-4,8,12H,1-2,5-7H2. The summed E-state index contributed by atoms with van der Waals surface area (Å²) in [5, 5.41) is 2.90. The van der Waals surface area contributed by atoms with E-state index in [2.05, 4.69) is 21.2 Å². The van der Waals surface area contributed by atoms with Crippen molar-refractivity contribution >= 4 is 25.8 Å². The van der Waals surface area contributed by atoms with Crippen molar-refractivity contribution in [2.45, 2.75) is 24.6 Å². The Morgan fingerprint density at radius 3 is 2.94 bits per heavy atom. The predicted molar refractivity (Wildman–Crippen MR) is 64.9 cm³/mol. The van der Waals surface area contributed by atoms with Crippen molar-refractivity contribution in [1.82, 2.24) is 5.32 Å². The molecule has 1 aromatic rings. The Hall–Kier alpha value is -0.330. The van der Waals surface area contributed by atoms with E-state index in [4.69, 9.17) is 4.42 Å². The molecule has 2 heterocycles. The second kappa shape index (κ2) is 4.89. The highest BCUT2D eigenvalue weighted by atomic mass is 79.9. The van der Waals surface area contributed by atoms with E-state index in [1.54, 1.807) is 6.26 Å². The van der Waals surface area contributed by atoms with Gasteiger partial charge in [-0.05, 0) is 34.8 Å². The first kappa shape index (κ1) is 12.1. The van der Waals surface area contributed by atoms with Gasteiger partial charge in [0.15, 0.2) is 9.84 Å². The van der Waals surface area contributed by atoms with Crippen molar-refractivity contribution in [2.24, 2.45) is 0 Å². The van der Waals surface area contributed by atoms with E-state index < -0.39 is 9.84 Å². The molecule has 0 aromatic carbocycles. The molecule has 0 saturated carbocycles. The Labute approximate surface area is 103 Å². The Bertz CT molecular complexity index is 454. The van der Waals surface area contributed by atoms with E-state index in [0.717, 1.165) is 23.1 Å². The maximum absolute atomic E-state index is 11.5. The van der Waals surface area contributed by atoms with Crippen molar-refractivity contribution < 1.29 is 12.8 Å². The number of nitrogens with one attached hydrogen (secondary N) is 1. The molecule has 1 fully saturated rings. The number of furan rings is 1. The lowest BCUT2D eigenvalue weighted by Crippen LogP contribution is -2.30. The second-order valence-corrected chi connectivity index (χ2v) is 7.21. The van der Waals surface area contributed by atoms with E-state index in [-0.39, 0.29) is 5.25 Å². The van der Waals surface area contributed by atoms with Gasteiger partial charge in [-0.2, -0.15) is 0 Å². The molecule has 0 radical (unpaired) electrons.